The first kappa shape index (κ1) is 18.8. The fourth-order valence-corrected chi connectivity index (χ4v) is 3.08. The van der Waals surface area contributed by atoms with Gasteiger partial charge in [-0.25, -0.2) is 0 Å². The monoisotopic (exact) mass is 366 g/mol. The Morgan fingerprint density at radius 3 is 2.33 bits per heavy atom. The number of benzene rings is 2. The Balaban J connectivity index is 2.34. The number of aliphatic hydroxyl groups excluding tert-OH is 1. The number of hydrogen-bond donors (Lipinski definition) is 1. The summed E-state index contributed by atoms with van der Waals surface area (Å²) >= 11 is 12.0. The molecule has 0 heterocycles. The van der Waals surface area contributed by atoms with Crippen LogP contribution in [-0.4, -0.2) is 18.2 Å². The average Bonchev–Trinajstić information content (AvgIpc) is 2.58. The van der Waals surface area contributed by atoms with Gasteiger partial charge in [0, 0.05) is 16.0 Å². The Morgan fingerprint density at radius 2 is 1.75 bits per heavy atom. The van der Waals surface area contributed by atoms with E-state index in [-0.39, 0.29) is 17.8 Å². The second kappa shape index (κ2) is 8.52. The highest BCUT2D eigenvalue weighted by atomic mass is 35.5. The smallest absolute Gasteiger partial charge is 0.308 e. The van der Waals surface area contributed by atoms with Crippen molar-refractivity contribution < 1.29 is 14.6 Å². The molecule has 0 aliphatic heterocycles. The number of esters is 1. The van der Waals surface area contributed by atoms with Crippen LogP contribution in [-0.2, 0) is 9.53 Å². The maximum atomic E-state index is 11.8. The molecule has 0 radical (unpaired) electrons. The normalized spacial score (nSPS) is 14.7. The van der Waals surface area contributed by atoms with Crippen LogP contribution in [0.2, 0.25) is 10.0 Å². The highest BCUT2D eigenvalue weighted by Crippen LogP contribution is 2.37. The molecule has 128 valence electrons. The van der Waals surface area contributed by atoms with Crippen LogP contribution in [0.3, 0.4) is 0 Å². The van der Waals surface area contributed by atoms with E-state index in [0.29, 0.717) is 16.5 Å². The minimum absolute atomic E-state index is 0.293. The molecule has 3 nitrogen and oxygen atoms in total. The van der Waals surface area contributed by atoms with Crippen molar-refractivity contribution >= 4 is 29.2 Å². The number of rotatable bonds is 6. The number of carbonyl (C=O) groups excluding carboxylic acids is 1. The van der Waals surface area contributed by atoms with Gasteiger partial charge in [-0.2, -0.15) is 0 Å². The quantitative estimate of drug-likeness (QED) is 0.730. The Hall–Kier alpha value is -1.55. The molecule has 0 amide bonds. The molecule has 3 atom stereocenters. The van der Waals surface area contributed by atoms with Crippen molar-refractivity contribution in [3.05, 3.63) is 69.7 Å². The molecule has 0 fully saturated rings. The van der Waals surface area contributed by atoms with Gasteiger partial charge < -0.3 is 9.84 Å². The van der Waals surface area contributed by atoms with Crippen molar-refractivity contribution in [3.8, 4) is 0 Å². The van der Waals surface area contributed by atoms with Gasteiger partial charge >= 0.3 is 5.97 Å². The lowest BCUT2D eigenvalue weighted by Gasteiger charge is -2.26. The van der Waals surface area contributed by atoms with Gasteiger partial charge in [-0.3, -0.25) is 4.79 Å². The molecule has 2 aromatic carbocycles. The molecule has 1 N–H and O–H groups in total. The Morgan fingerprint density at radius 1 is 1.08 bits per heavy atom. The van der Waals surface area contributed by atoms with Gasteiger partial charge in [-0.1, -0.05) is 54.4 Å². The third-order valence-corrected chi connectivity index (χ3v) is 4.57. The summed E-state index contributed by atoms with van der Waals surface area (Å²) in [5.41, 5.74) is 1.61. The number of methoxy groups -OCH3 is 1. The highest BCUT2D eigenvalue weighted by Gasteiger charge is 2.28. The van der Waals surface area contributed by atoms with Gasteiger partial charge in [-0.15, -0.1) is 0 Å². The van der Waals surface area contributed by atoms with E-state index in [1.165, 1.54) is 7.11 Å². The van der Waals surface area contributed by atoms with E-state index in [4.69, 9.17) is 27.9 Å². The van der Waals surface area contributed by atoms with Crippen molar-refractivity contribution in [1.82, 2.24) is 0 Å². The van der Waals surface area contributed by atoms with Gasteiger partial charge in [0.05, 0.1) is 19.1 Å². The molecule has 24 heavy (non-hydrogen) atoms. The van der Waals surface area contributed by atoms with Crippen LogP contribution in [0.5, 0.6) is 0 Å². The lowest BCUT2D eigenvalue weighted by atomic mass is 9.82. The third-order valence-electron chi connectivity index (χ3n) is 4.08. The Bertz CT molecular complexity index is 685. The molecule has 5 heteroatoms. The summed E-state index contributed by atoms with van der Waals surface area (Å²) in [6.45, 7) is 1.79. The van der Waals surface area contributed by atoms with Crippen molar-refractivity contribution in [2.45, 2.75) is 25.4 Å². The Kier molecular flexibility index (Phi) is 6.67. The average molecular weight is 367 g/mol. The maximum absolute atomic E-state index is 11.8. The standard InChI is InChI=1S/C19H20Cl2O3/c1-12(19(23)24-2)10-17(14-4-3-5-16(21)11-14)18(22)13-6-8-15(20)9-7-13/h3-9,11-12,17-18,22H,10H2,1-2H3. The molecule has 0 aliphatic rings. The van der Waals surface area contributed by atoms with Gasteiger partial charge in [0.2, 0.25) is 0 Å². The van der Waals surface area contributed by atoms with Gasteiger partial charge in [0.1, 0.15) is 0 Å². The first-order chi connectivity index (χ1) is 11.4. The minimum Gasteiger partial charge on any atom is -0.469 e. The van der Waals surface area contributed by atoms with Crippen molar-refractivity contribution in [3.63, 3.8) is 0 Å². The summed E-state index contributed by atoms with van der Waals surface area (Å²) in [5.74, 6) is -0.940. The number of halogens is 2. The van der Waals surface area contributed by atoms with Crippen molar-refractivity contribution in [1.29, 1.82) is 0 Å². The van der Waals surface area contributed by atoms with Crippen molar-refractivity contribution in [2.75, 3.05) is 7.11 Å². The molecule has 0 bridgehead atoms. The SMILES string of the molecule is COC(=O)C(C)CC(c1cccc(Cl)c1)C(O)c1ccc(Cl)cc1. The van der Waals surface area contributed by atoms with E-state index in [9.17, 15) is 9.90 Å². The predicted molar refractivity (Wildman–Crippen MR) is 96.4 cm³/mol. The fraction of sp³-hybridized carbons (Fsp3) is 0.316. The summed E-state index contributed by atoms with van der Waals surface area (Å²) in [5, 5.41) is 12.1. The lowest BCUT2D eigenvalue weighted by molar-refractivity contribution is -0.145. The number of aliphatic hydroxyl groups is 1. The fourth-order valence-electron chi connectivity index (χ4n) is 2.76. The second-order valence-corrected chi connectivity index (χ2v) is 6.69. The maximum Gasteiger partial charge on any atom is 0.308 e. The van der Waals surface area contributed by atoms with E-state index in [0.717, 1.165) is 11.1 Å². The number of carbonyl (C=O) groups is 1. The van der Waals surface area contributed by atoms with E-state index in [2.05, 4.69) is 0 Å². The summed E-state index contributed by atoms with van der Waals surface area (Å²) in [6.07, 6.45) is -0.343. The Labute approximate surface area is 152 Å². The summed E-state index contributed by atoms with van der Waals surface area (Å²) in [7, 11) is 1.36. The van der Waals surface area contributed by atoms with Gasteiger partial charge in [0.15, 0.2) is 0 Å². The van der Waals surface area contributed by atoms with Crippen LogP contribution >= 0.6 is 23.2 Å². The highest BCUT2D eigenvalue weighted by molar-refractivity contribution is 6.30. The van der Waals surface area contributed by atoms with E-state index >= 15 is 0 Å². The van der Waals surface area contributed by atoms with Crippen molar-refractivity contribution in [2.24, 2.45) is 5.92 Å². The lowest BCUT2D eigenvalue weighted by Crippen LogP contribution is -2.20. The molecule has 0 saturated carbocycles. The molecular formula is C19H20Cl2O3. The number of hydrogen-bond acceptors (Lipinski definition) is 3. The summed E-state index contributed by atoms with van der Waals surface area (Å²) in [6, 6.07) is 14.4. The molecular weight excluding hydrogens is 347 g/mol. The van der Waals surface area contributed by atoms with Gasteiger partial charge in [0.25, 0.3) is 0 Å². The molecule has 2 aromatic rings. The van der Waals surface area contributed by atoms with Crippen LogP contribution in [0.1, 0.15) is 36.5 Å². The van der Waals surface area contributed by atoms with E-state index in [1.807, 2.05) is 18.2 Å². The molecule has 3 unspecified atom stereocenters. The van der Waals surface area contributed by atoms with E-state index in [1.54, 1.807) is 37.3 Å². The topological polar surface area (TPSA) is 46.5 Å². The molecule has 0 spiro atoms. The second-order valence-electron chi connectivity index (χ2n) is 5.82. The predicted octanol–water partition coefficient (Wildman–Crippen LogP) is 5.01. The zero-order valence-corrected chi connectivity index (χ0v) is 15.1. The van der Waals surface area contributed by atoms with Crippen LogP contribution in [0, 0.1) is 5.92 Å². The summed E-state index contributed by atoms with van der Waals surface area (Å²) in [4.78, 5) is 11.8. The first-order valence-electron chi connectivity index (χ1n) is 7.69. The molecule has 2 rings (SSSR count). The van der Waals surface area contributed by atoms with Crippen LogP contribution in [0.15, 0.2) is 48.5 Å². The van der Waals surface area contributed by atoms with Crippen LogP contribution in [0.25, 0.3) is 0 Å². The third kappa shape index (κ3) is 4.73. The largest absolute Gasteiger partial charge is 0.469 e. The molecule has 0 aliphatic carbocycles. The zero-order chi connectivity index (χ0) is 17.7. The van der Waals surface area contributed by atoms with Gasteiger partial charge in [-0.05, 0) is 41.8 Å². The number of ether oxygens (including phenoxy) is 1. The van der Waals surface area contributed by atoms with Crippen LogP contribution in [0.4, 0.5) is 0 Å². The summed E-state index contributed by atoms with van der Waals surface area (Å²) < 4.78 is 4.81. The molecule has 0 saturated heterocycles. The minimum atomic E-state index is -0.784. The first-order valence-corrected chi connectivity index (χ1v) is 8.44. The van der Waals surface area contributed by atoms with Crippen LogP contribution < -0.4 is 0 Å². The van der Waals surface area contributed by atoms with E-state index < -0.39 is 6.10 Å². The molecule has 0 aromatic heterocycles. The zero-order valence-electron chi connectivity index (χ0n) is 13.6.